The highest BCUT2D eigenvalue weighted by molar-refractivity contribution is 4.65. The monoisotopic (exact) mass is 157 g/mol. The largest absolute Gasteiger partial charge is 0.330 e. The van der Waals surface area contributed by atoms with Crippen molar-refractivity contribution in [3.05, 3.63) is 0 Å². The molecule has 68 valence electrons. The third kappa shape index (κ3) is 4.41. The van der Waals surface area contributed by atoms with Gasteiger partial charge in [0.2, 0.25) is 0 Å². The quantitative estimate of drug-likeness (QED) is 0.630. The molecule has 0 aromatic rings. The van der Waals surface area contributed by atoms with Crippen LogP contribution in [-0.2, 0) is 0 Å². The van der Waals surface area contributed by atoms with Crippen LogP contribution in [0.2, 0.25) is 0 Å². The van der Waals surface area contributed by atoms with Crippen molar-refractivity contribution in [2.45, 2.75) is 46.5 Å². The molecule has 0 aliphatic heterocycles. The topological polar surface area (TPSA) is 26.0 Å². The first-order chi connectivity index (χ1) is 5.26. The van der Waals surface area contributed by atoms with Crippen LogP contribution in [-0.4, -0.2) is 6.54 Å². The second-order valence-corrected chi connectivity index (χ2v) is 3.52. The first-order valence-corrected chi connectivity index (χ1v) is 4.96. The fourth-order valence-corrected chi connectivity index (χ4v) is 1.55. The lowest BCUT2D eigenvalue weighted by Gasteiger charge is -2.20. The molecule has 2 N–H and O–H groups in total. The minimum atomic E-state index is 0.714. The van der Waals surface area contributed by atoms with Gasteiger partial charge in [0.25, 0.3) is 0 Å². The van der Waals surface area contributed by atoms with Crippen LogP contribution in [0.5, 0.6) is 0 Å². The third-order valence-electron chi connectivity index (χ3n) is 2.63. The first-order valence-electron chi connectivity index (χ1n) is 4.96. The normalized spacial score (nSPS) is 16.4. The maximum atomic E-state index is 5.62. The molecular weight excluding hydrogens is 134 g/mol. The summed E-state index contributed by atoms with van der Waals surface area (Å²) in [6, 6.07) is 0. The van der Waals surface area contributed by atoms with Crippen LogP contribution >= 0.6 is 0 Å². The van der Waals surface area contributed by atoms with Gasteiger partial charge in [-0.3, -0.25) is 0 Å². The summed E-state index contributed by atoms with van der Waals surface area (Å²) in [5.74, 6) is 1.58. The van der Waals surface area contributed by atoms with Crippen molar-refractivity contribution in [2.75, 3.05) is 6.54 Å². The van der Waals surface area contributed by atoms with E-state index in [4.69, 9.17) is 5.73 Å². The molecule has 1 heteroatoms. The van der Waals surface area contributed by atoms with Crippen molar-refractivity contribution < 1.29 is 0 Å². The predicted octanol–water partition coefficient (Wildman–Crippen LogP) is 2.80. The molecule has 0 aliphatic rings. The highest BCUT2D eigenvalue weighted by Gasteiger charge is 2.12. The second-order valence-electron chi connectivity index (χ2n) is 3.52. The zero-order valence-corrected chi connectivity index (χ0v) is 8.27. The fourth-order valence-electron chi connectivity index (χ4n) is 1.55. The summed E-state index contributed by atoms with van der Waals surface area (Å²) < 4.78 is 0. The average Bonchev–Trinajstić information content (AvgIpc) is 2.05. The first kappa shape index (κ1) is 11.0. The van der Waals surface area contributed by atoms with Gasteiger partial charge in [-0.2, -0.15) is 0 Å². The van der Waals surface area contributed by atoms with Gasteiger partial charge in [-0.1, -0.05) is 46.5 Å². The van der Waals surface area contributed by atoms with Gasteiger partial charge in [0, 0.05) is 0 Å². The molecule has 0 bridgehead atoms. The number of nitrogens with two attached hydrogens (primary N) is 1. The van der Waals surface area contributed by atoms with E-state index in [9.17, 15) is 0 Å². The van der Waals surface area contributed by atoms with E-state index in [2.05, 4.69) is 20.8 Å². The number of hydrogen-bond acceptors (Lipinski definition) is 1. The highest BCUT2D eigenvalue weighted by Crippen LogP contribution is 2.20. The Morgan fingerprint density at radius 1 is 1.27 bits per heavy atom. The van der Waals surface area contributed by atoms with E-state index >= 15 is 0 Å². The molecule has 1 nitrogen and oxygen atoms in total. The van der Waals surface area contributed by atoms with Gasteiger partial charge in [-0.05, 0) is 18.4 Å². The zero-order valence-electron chi connectivity index (χ0n) is 8.27. The molecule has 0 saturated carbocycles. The second kappa shape index (κ2) is 6.66. The highest BCUT2D eigenvalue weighted by atomic mass is 14.5. The maximum Gasteiger partial charge on any atom is -0.00489 e. The zero-order chi connectivity index (χ0) is 8.69. The van der Waals surface area contributed by atoms with E-state index < -0.39 is 0 Å². The molecule has 0 aromatic heterocycles. The van der Waals surface area contributed by atoms with E-state index in [1.165, 1.54) is 25.7 Å². The van der Waals surface area contributed by atoms with Gasteiger partial charge in [0.05, 0.1) is 0 Å². The molecule has 0 radical (unpaired) electrons. The standard InChI is InChI=1S/C10H23N/c1-4-6-7-10(5-2)9(3)8-11/h9-10H,4-8,11H2,1-3H3. The molecule has 0 saturated heterocycles. The van der Waals surface area contributed by atoms with Crippen LogP contribution in [0, 0.1) is 11.8 Å². The molecule has 2 unspecified atom stereocenters. The molecule has 0 fully saturated rings. The van der Waals surface area contributed by atoms with E-state index in [1.54, 1.807) is 0 Å². The summed E-state index contributed by atoms with van der Waals surface area (Å²) in [7, 11) is 0. The van der Waals surface area contributed by atoms with Crippen molar-refractivity contribution in [3.63, 3.8) is 0 Å². The molecule has 0 spiro atoms. The Balaban J connectivity index is 3.56. The van der Waals surface area contributed by atoms with E-state index in [-0.39, 0.29) is 0 Å². The van der Waals surface area contributed by atoms with Gasteiger partial charge < -0.3 is 5.73 Å². The number of rotatable bonds is 6. The van der Waals surface area contributed by atoms with Gasteiger partial charge in [0.1, 0.15) is 0 Å². The Bertz CT molecular complexity index is 80.9. The van der Waals surface area contributed by atoms with Crippen molar-refractivity contribution in [1.29, 1.82) is 0 Å². The summed E-state index contributed by atoms with van der Waals surface area (Å²) >= 11 is 0. The minimum absolute atomic E-state index is 0.714. The van der Waals surface area contributed by atoms with E-state index in [0.29, 0.717) is 5.92 Å². The molecule has 11 heavy (non-hydrogen) atoms. The van der Waals surface area contributed by atoms with Crippen LogP contribution in [0.4, 0.5) is 0 Å². The van der Waals surface area contributed by atoms with Gasteiger partial charge in [0.15, 0.2) is 0 Å². The Morgan fingerprint density at radius 2 is 1.91 bits per heavy atom. The van der Waals surface area contributed by atoms with Crippen molar-refractivity contribution in [3.8, 4) is 0 Å². The Hall–Kier alpha value is -0.0400. The predicted molar refractivity (Wildman–Crippen MR) is 51.5 cm³/mol. The minimum Gasteiger partial charge on any atom is -0.330 e. The molecule has 0 rings (SSSR count). The lowest BCUT2D eigenvalue weighted by molar-refractivity contribution is 0.324. The van der Waals surface area contributed by atoms with Crippen molar-refractivity contribution in [1.82, 2.24) is 0 Å². The maximum absolute atomic E-state index is 5.62. The van der Waals surface area contributed by atoms with Crippen LogP contribution in [0.3, 0.4) is 0 Å². The fraction of sp³-hybridized carbons (Fsp3) is 1.00. The Kier molecular flexibility index (Phi) is 6.63. The van der Waals surface area contributed by atoms with E-state index in [0.717, 1.165) is 12.5 Å². The molecule has 0 heterocycles. The summed E-state index contributed by atoms with van der Waals surface area (Å²) in [5.41, 5.74) is 5.62. The SMILES string of the molecule is CCCCC(CC)C(C)CN. The molecular formula is C10H23N. The Labute approximate surface area is 71.4 Å². The summed E-state index contributed by atoms with van der Waals surface area (Å²) in [6.45, 7) is 7.64. The van der Waals surface area contributed by atoms with Gasteiger partial charge >= 0.3 is 0 Å². The van der Waals surface area contributed by atoms with Crippen LogP contribution in [0.25, 0.3) is 0 Å². The Morgan fingerprint density at radius 3 is 2.27 bits per heavy atom. The average molecular weight is 157 g/mol. The van der Waals surface area contributed by atoms with Crippen LogP contribution < -0.4 is 5.73 Å². The molecule has 2 atom stereocenters. The van der Waals surface area contributed by atoms with Gasteiger partial charge in [-0.25, -0.2) is 0 Å². The summed E-state index contributed by atoms with van der Waals surface area (Å²) in [5, 5.41) is 0. The summed E-state index contributed by atoms with van der Waals surface area (Å²) in [4.78, 5) is 0. The molecule has 0 aliphatic carbocycles. The summed E-state index contributed by atoms with van der Waals surface area (Å²) in [6.07, 6.45) is 5.33. The van der Waals surface area contributed by atoms with Gasteiger partial charge in [-0.15, -0.1) is 0 Å². The third-order valence-corrected chi connectivity index (χ3v) is 2.63. The van der Waals surface area contributed by atoms with Crippen LogP contribution in [0.1, 0.15) is 46.5 Å². The lowest BCUT2D eigenvalue weighted by atomic mass is 9.87. The lowest BCUT2D eigenvalue weighted by Crippen LogP contribution is -2.20. The smallest absolute Gasteiger partial charge is 0.00489 e. The molecule has 0 amide bonds. The van der Waals surface area contributed by atoms with E-state index in [1.807, 2.05) is 0 Å². The molecule has 0 aromatic carbocycles. The van der Waals surface area contributed by atoms with Crippen molar-refractivity contribution in [2.24, 2.45) is 17.6 Å². The van der Waals surface area contributed by atoms with Crippen LogP contribution in [0.15, 0.2) is 0 Å². The van der Waals surface area contributed by atoms with Crippen molar-refractivity contribution >= 4 is 0 Å². The number of unbranched alkanes of at least 4 members (excludes halogenated alkanes) is 1. The number of hydrogen-bond donors (Lipinski definition) is 1.